The fourth-order valence-electron chi connectivity index (χ4n) is 4.87. The molecule has 2 saturated heterocycles. The van der Waals surface area contributed by atoms with Crippen LogP contribution in [0, 0.1) is 0 Å². The molecule has 1 saturated carbocycles. The van der Waals surface area contributed by atoms with Crippen molar-refractivity contribution < 1.29 is 54.7 Å². The molecule has 0 spiro atoms. The topological polar surface area (TPSA) is 243 Å². The highest BCUT2D eigenvalue weighted by atomic mass is 16.7. The van der Waals surface area contributed by atoms with Gasteiger partial charge in [0.15, 0.2) is 12.6 Å². The summed E-state index contributed by atoms with van der Waals surface area (Å²) in [6.07, 6.45) is -14.6. The Kier molecular flexibility index (Phi) is 8.92. The van der Waals surface area contributed by atoms with Gasteiger partial charge in [0.2, 0.25) is 0 Å². The van der Waals surface area contributed by atoms with Crippen molar-refractivity contribution in [2.75, 3.05) is 13.7 Å². The van der Waals surface area contributed by atoms with Gasteiger partial charge in [-0.05, 0) is 27.3 Å². The molecule has 2 aliphatic heterocycles. The van der Waals surface area contributed by atoms with Crippen molar-refractivity contribution in [1.82, 2.24) is 5.32 Å². The lowest BCUT2D eigenvalue weighted by atomic mass is 9.85. The zero-order chi connectivity index (χ0) is 25.5. The summed E-state index contributed by atoms with van der Waals surface area (Å²) in [6.45, 7) is 2.67. The van der Waals surface area contributed by atoms with Gasteiger partial charge < -0.3 is 71.5 Å². The van der Waals surface area contributed by atoms with Gasteiger partial charge in [-0.15, -0.1) is 0 Å². The van der Waals surface area contributed by atoms with Crippen molar-refractivity contribution in [2.45, 2.75) is 112 Å². The molecule has 34 heavy (non-hydrogen) atoms. The number of ether oxygens (including phenoxy) is 4. The molecule has 14 nitrogen and oxygen atoms in total. The number of hydrogen-bond donors (Lipinski definition) is 10. The van der Waals surface area contributed by atoms with Crippen LogP contribution in [0.2, 0.25) is 0 Å². The number of rotatable bonds is 6. The summed E-state index contributed by atoms with van der Waals surface area (Å²) in [6, 6.07) is -2.92. The maximum absolute atomic E-state index is 11.0. The largest absolute Gasteiger partial charge is 0.391 e. The Bertz CT molecular complexity index is 674. The first-order chi connectivity index (χ1) is 15.8. The van der Waals surface area contributed by atoms with Crippen molar-refractivity contribution >= 4 is 0 Å². The van der Waals surface area contributed by atoms with Crippen LogP contribution < -0.4 is 16.8 Å². The lowest BCUT2D eigenvalue weighted by molar-refractivity contribution is -0.326. The van der Waals surface area contributed by atoms with E-state index >= 15 is 0 Å². The van der Waals surface area contributed by atoms with Gasteiger partial charge in [-0.1, -0.05) is 0 Å². The first-order valence-electron chi connectivity index (χ1n) is 11.4. The zero-order valence-electron chi connectivity index (χ0n) is 19.4. The van der Waals surface area contributed by atoms with Gasteiger partial charge in [0, 0.05) is 6.04 Å². The Morgan fingerprint density at radius 3 is 2.18 bits per heavy atom. The highest BCUT2D eigenvalue weighted by molar-refractivity contribution is 5.01. The van der Waals surface area contributed by atoms with Crippen LogP contribution in [0.15, 0.2) is 0 Å². The molecule has 200 valence electrons. The maximum Gasteiger partial charge on any atom is 0.185 e. The van der Waals surface area contributed by atoms with Gasteiger partial charge in [0.05, 0.1) is 30.9 Å². The Labute approximate surface area is 197 Å². The third-order valence-corrected chi connectivity index (χ3v) is 6.87. The van der Waals surface area contributed by atoms with Gasteiger partial charge in [-0.25, -0.2) is 0 Å². The van der Waals surface area contributed by atoms with Crippen LogP contribution in [0.3, 0.4) is 0 Å². The van der Waals surface area contributed by atoms with Crippen molar-refractivity contribution in [3.05, 3.63) is 0 Å². The van der Waals surface area contributed by atoms with Gasteiger partial charge in [-0.2, -0.15) is 0 Å². The second kappa shape index (κ2) is 10.8. The smallest absolute Gasteiger partial charge is 0.185 e. The predicted octanol–water partition coefficient (Wildman–Crippen LogP) is -5.58. The Morgan fingerprint density at radius 2 is 1.59 bits per heavy atom. The van der Waals surface area contributed by atoms with E-state index in [1.807, 2.05) is 0 Å². The normalized spacial score (nSPS) is 53.5. The molecule has 0 aromatic heterocycles. The third-order valence-electron chi connectivity index (χ3n) is 6.87. The zero-order valence-corrected chi connectivity index (χ0v) is 19.4. The minimum Gasteiger partial charge on any atom is -0.391 e. The summed E-state index contributed by atoms with van der Waals surface area (Å²) >= 11 is 0. The van der Waals surface area contributed by atoms with E-state index in [0.29, 0.717) is 0 Å². The Hall–Kier alpha value is -0.560. The van der Waals surface area contributed by atoms with E-state index in [1.54, 1.807) is 7.05 Å². The number of aliphatic hydroxyl groups excluding tert-OH is 6. The molecule has 0 aromatic rings. The lowest BCUT2D eigenvalue weighted by Gasteiger charge is -2.48. The van der Waals surface area contributed by atoms with Crippen LogP contribution in [0.5, 0.6) is 0 Å². The predicted molar refractivity (Wildman–Crippen MR) is 114 cm³/mol. The number of hydrogen-bond acceptors (Lipinski definition) is 14. The SMILES string of the molecule is CNC1C(O)C(OC2C(O)CC(N)C(OC3OC(C(C)O)C(O)C(O)C3N)C2O)OCC1(C)O. The van der Waals surface area contributed by atoms with Crippen molar-refractivity contribution in [2.24, 2.45) is 11.5 Å². The second-order valence-electron chi connectivity index (χ2n) is 9.72. The summed E-state index contributed by atoms with van der Waals surface area (Å²) in [4.78, 5) is 0. The van der Waals surface area contributed by atoms with Crippen LogP contribution in [0.4, 0.5) is 0 Å². The van der Waals surface area contributed by atoms with E-state index in [-0.39, 0.29) is 13.0 Å². The summed E-state index contributed by atoms with van der Waals surface area (Å²) in [5, 5.41) is 75.5. The first kappa shape index (κ1) is 28.0. The standard InChI is InChI=1S/C20H39N3O11/c1-6(24)14-11(27)10(26)9(22)18(32-14)33-15-7(21)4-8(25)16(12(15)28)34-19-13(29)17(23-3)20(2,30)5-31-19/h6-19,23-30H,4-5,21-22H2,1-3H3. The second-order valence-corrected chi connectivity index (χ2v) is 9.72. The molecule has 0 amide bonds. The molecular weight excluding hydrogens is 458 g/mol. The van der Waals surface area contributed by atoms with Crippen LogP contribution in [0.1, 0.15) is 20.3 Å². The van der Waals surface area contributed by atoms with Crippen LogP contribution in [-0.2, 0) is 18.9 Å². The van der Waals surface area contributed by atoms with Crippen LogP contribution >= 0.6 is 0 Å². The highest BCUT2D eigenvalue weighted by Crippen LogP contribution is 2.32. The fourth-order valence-corrected chi connectivity index (χ4v) is 4.87. The van der Waals surface area contributed by atoms with Gasteiger partial charge in [0.25, 0.3) is 0 Å². The number of aliphatic hydroxyl groups is 7. The number of nitrogens with two attached hydrogens (primary N) is 2. The fraction of sp³-hybridized carbons (Fsp3) is 1.00. The maximum atomic E-state index is 11.0. The molecule has 3 fully saturated rings. The lowest BCUT2D eigenvalue weighted by Crippen LogP contribution is -2.69. The first-order valence-corrected chi connectivity index (χ1v) is 11.4. The molecule has 0 radical (unpaired) electrons. The van der Waals surface area contributed by atoms with E-state index < -0.39 is 91.2 Å². The van der Waals surface area contributed by atoms with Crippen LogP contribution in [-0.4, -0.2) is 141 Å². The molecule has 12 N–H and O–H groups in total. The molecule has 1 aliphatic carbocycles. The minimum absolute atomic E-state index is 0.0602. The minimum atomic E-state index is -1.53. The average molecular weight is 498 g/mol. The van der Waals surface area contributed by atoms with Crippen molar-refractivity contribution in [3.8, 4) is 0 Å². The molecule has 15 atom stereocenters. The van der Waals surface area contributed by atoms with Crippen molar-refractivity contribution in [1.29, 1.82) is 0 Å². The molecular formula is C20H39N3O11. The molecule has 0 aromatic carbocycles. The monoisotopic (exact) mass is 497 g/mol. The molecule has 2 heterocycles. The summed E-state index contributed by atoms with van der Waals surface area (Å²) < 4.78 is 22.5. The van der Waals surface area contributed by atoms with E-state index in [0.717, 1.165) is 0 Å². The van der Waals surface area contributed by atoms with E-state index in [9.17, 15) is 35.7 Å². The van der Waals surface area contributed by atoms with E-state index in [1.165, 1.54) is 13.8 Å². The number of nitrogens with one attached hydrogen (secondary N) is 1. The summed E-state index contributed by atoms with van der Waals surface area (Å²) in [5.74, 6) is 0. The molecule has 3 rings (SSSR count). The summed E-state index contributed by atoms with van der Waals surface area (Å²) in [5.41, 5.74) is 10.7. The van der Waals surface area contributed by atoms with Gasteiger partial charge in [0.1, 0.15) is 48.3 Å². The van der Waals surface area contributed by atoms with Gasteiger partial charge >= 0.3 is 0 Å². The van der Waals surface area contributed by atoms with Crippen LogP contribution in [0.25, 0.3) is 0 Å². The summed E-state index contributed by atoms with van der Waals surface area (Å²) in [7, 11) is 1.55. The Morgan fingerprint density at radius 1 is 0.971 bits per heavy atom. The average Bonchev–Trinajstić information content (AvgIpc) is 2.75. The molecule has 15 unspecified atom stereocenters. The Balaban J connectivity index is 1.73. The molecule has 3 aliphatic rings. The quantitative estimate of drug-likeness (QED) is 0.164. The highest BCUT2D eigenvalue weighted by Gasteiger charge is 2.52. The molecule has 0 bridgehead atoms. The number of likely N-dealkylation sites (N-methyl/N-ethyl adjacent to an activating group) is 1. The van der Waals surface area contributed by atoms with E-state index in [4.69, 9.17) is 30.4 Å². The molecule has 14 heteroatoms. The third kappa shape index (κ3) is 5.40. The van der Waals surface area contributed by atoms with Crippen molar-refractivity contribution in [3.63, 3.8) is 0 Å². The van der Waals surface area contributed by atoms with Gasteiger partial charge in [-0.3, -0.25) is 0 Å². The van der Waals surface area contributed by atoms with E-state index in [2.05, 4.69) is 5.32 Å².